The van der Waals surface area contributed by atoms with Gasteiger partial charge in [-0.25, -0.2) is 0 Å². The number of ether oxygens (including phenoxy) is 2. The highest BCUT2D eigenvalue weighted by molar-refractivity contribution is 5.41. The Morgan fingerprint density at radius 3 is 2.86 bits per heavy atom. The van der Waals surface area contributed by atoms with Crippen LogP contribution in [0.3, 0.4) is 0 Å². The lowest BCUT2D eigenvalue weighted by Crippen LogP contribution is -2.37. The summed E-state index contributed by atoms with van der Waals surface area (Å²) in [6, 6.07) is 6.18. The molecular formula is C17H27NO3. The predicted octanol–water partition coefficient (Wildman–Crippen LogP) is 3.00. The van der Waals surface area contributed by atoms with Crippen LogP contribution < -0.4 is 9.47 Å². The minimum absolute atomic E-state index is 0.539. The fourth-order valence-corrected chi connectivity index (χ4v) is 2.93. The molecule has 1 N–H and O–H groups in total. The van der Waals surface area contributed by atoms with E-state index in [0.29, 0.717) is 12.6 Å². The maximum atomic E-state index is 9.83. The highest BCUT2D eigenvalue weighted by Gasteiger charge is 2.19. The normalized spacial score (nSPS) is 21.0. The average Bonchev–Trinajstić information content (AvgIpc) is 2.48. The van der Waals surface area contributed by atoms with Crippen molar-refractivity contribution in [1.82, 2.24) is 4.90 Å². The summed E-state index contributed by atoms with van der Waals surface area (Å²) in [5.41, 5.74) is 0.813. The van der Waals surface area contributed by atoms with Gasteiger partial charge in [0, 0.05) is 17.7 Å². The van der Waals surface area contributed by atoms with E-state index in [-0.39, 0.29) is 0 Å². The molecule has 4 nitrogen and oxygen atoms in total. The molecule has 1 heterocycles. The van der Waals surface area contributed by atoms with Crippen molar-refractivity contribution in [3.05, 3.63) is 23.8 Å². The smallest absolute Gasteiger partial charge is 0.128 e. The lowest BCUT2D eigenvalue weighted by molar-refractivity contribution is 0.149. The second-order valence-electron chi connectivity index (χ2n) is 5.85. The van der Waals surface area contributed by atoms with Crippen LogP contribution in [0.1, 0.15) is 44.3 Å². The molecule has 0 aromatic heterocycles. The summed E-state index contributed by atoms with van der Waals surface area (Å²) in [5, 5.41) is 9.83. The van der Waals surface area contributed by atoms with Crippen LogP contribution in [0.2, 0.25) is 0 Å². The van der Waals surface area contributed by atoms with Crippen LogP contribution in [0.5, 0.6) is 11.5 Å². The Labute approximate surface area is 127 Å². The van der Waals surface area contributed by atoms with Gasteiger partial charge in [0.15, 0.2) is 0 Å². The van der Waals surface area contributed by atoms with E-state index >= 15 is 0 Å². The standard InChI is InChI=1S/C17H27NO3/c1-13(19)16-8-7-15(20-3)12-17(16)21-11-9-14-6-4-5-10-18(14)2/h7-8,12-14,19H,4-6,9-11H2,1-3H3. The van der Waals surface area contributed by atoms with Crippen molar-refractivity contribution >= 4 is 0 Å². The lowest BCUT2D eigenvalue weighted by atomic mass is 10.0. The van der Waals surface area contributed by atoms with Crippen LogP contribution in [0, 0.1) is 0 Å². The molecule has 21 heavy (non-hydrogen) atoms. The Hall–Kier alpha value is -1.26. The molecule has 0 spiro atoms. The number of likely N-dealkylation sites (tertiary alicyclic amines) is 1. The molecule has 1 saturated heterocycles. The van der Waals surface area contributed by atoms with Gasteiger partial charge in [0.25, 0.3) is 0 Å². The van der Waals surface area contributed by atoms with Gasteiger partial charge in [-0.1, -0.05) is 6.42 Å². The molecule has 1 aliphatic heterocycles. The van der Waals surface area contributed by atoms with E-state index in [4.69, 9.17) is 9.47 Å². The third kappa shape index (κ3) is 4.35. The maximum Gasteiger partial charge on any atom is 0.128 e. The van der Waals surface area contributed by atoms with Crippen molar-refractivity contribution in [2.45, 2.75) is 44.8 Å². The molecule has 0 saturated carbocycles. The lowest BCUT2D eigenvalue weighted by Gasteiger charge is -2.32. The first-order chi connectivity index (χ1) is 10.1. The Morgan fingerprint density at radius 2 is 2.19 bits per heavy atom. The fraction of sp³-hybridized carbons (Fsp3) is 0.647. The molecule has 4 heteroatoms. The van der Waals surface area contributed by atoms with Gasteiger partial charge in [0.05, 0.1) is 19.8 Å². The first kappa shape index (κ1) is 16.1. The summed E-state index contributed by atoms with van der Waals surface area (Å²) >= 11 is 0. The molecule has 0 radical (unpaired) electrons. The third-order valence-electron chi connectivity index (χ3n) is 4.30. The van der Waals surface area contributed by atoms with Crippen molar-refractivity contribution in [1.29, 1.82) is 0 Å². The molecule has 1 aromatic rings. The van der Waals surface area contributed by atoms with E-state index in [9.17, 15) is 5.11 Å². The number of methoxy groups -OCH3 is 1. The third-order valence-corrected chi connectivity index (χ3v) is 4.30. The van der Waals surface area contributed by atoms with Gasteiger partial charge >= 0.3 is 0 Å². The number of rotatable bonds is 6. The molecular weight excluding hydrogens is 266 g/mol. The summed E-state index contributed by atoms with van der Waals surface area (Å²) < 4.78 is 11.2. The molecule has 1 fully saturated rings. The van der Waals surface area contributed by atoms with Crippen LogP contribution in [0.4, 0.5) is 0 Å². The largest absolute Gasteiger partial charge is 0.497 e. The van der Waals surface area contributed by atoms with Crippen LogP contribution in [-0.4, -0.2) is 43.4 Å². The van der Waals surface area contributed by atoms with Gasteiger partial charge in [-0.15, -0.1) is 0 Å². The number of hydrogen-bond acceptors (Lipinski definition) is 4. The molecule has 0 aliphatic carbocycles. The zero-order valence-corrected chi connectivity index (χ0v) is 13.3. The Balaban J connectivity index is 1.95. The number of aliphatic hydroxyl groups is 1. The van der Waals surface area contributed by atoms with Gasteiger partial charge in [-0.3, -0.25) is 0 Å². The minimum Gasteiger partial charge on any atom is -0.497 e. The zero-order chi connectivity index (χ0) is 15.2. The molecule has 1 aromatic carbocycles. The number of aliphatic hydroxyl groups excluding tert-OH is 1. The topological polar surface area (TPSA) is 41.9 Å². The van der Waals surface area contributed by atoms with E-state index in [1.165, 1.54) is 25.8 Å². The molecule has 2 rings (SSSR count). The Bertz CT molecular complexity index is 448. The molecule has 1 aliphatic rings. The number of hydrogen-bond donors (Lipinski definition) is 1. The van der Waals surface area contributed by atoms with Crippen molar-refractivity contribution in [2.24, 2.45) is 0 Å². The monoisotopic (exact) mass is 293 g/mol. The van der Waals surface area contributed by atoms with E-state index < -0.39 is 6.10 Å². The zero-order valence-electron chi connectivity index (χ0n) is 13.3. The van der Waals surface area contributed by atoms with E-state index in [2.05, 4.69) is 11.9 Å². The van der Waals surface area contributed by atoms with Crippen molar-refractivity contribution < 1.29 is 14.6 Å². The molecule has 2 atom stereocenters. The van der Waals surface area contributed by atoms with Crippen molar-refractivity contribution in [2.75, 3.05) is 27.3 Å². The highest BCUT2D eigenvalue weighted by atomic mass is 16.5. The van der Waals surface area contributed by atoms with Gasteiger partial charge in [-0.05, 0) is 51.9 Å². The van der Waals surface area contributed by atoms with E-state index in [0.717, 1.165) is 23.5 Å². The summed E-state index contributed by atoms with van der Waals surface area (Å²) in [7, 11) is 3.83. The van der Waals surface area contributed by atoms with Crippen LogP contribution in [0.15, 0.2) is 18.2 Å². The summed E-state index contributed by atoms with van der Waals surface area (Å²) in [6.45, 7) is 3.61. The maximum absolute atomic E-state index is 9.83. The number of piperidine rings is 1. The predicted molar refractivity (Wildman–Crippen MR) is 84.0 cm³/mol. The summed E-state index contributed by atoms with van der Waals surface area (Å²) in [5.74, 6) is 1.48. The fourth-order valence-electron chi connectivity index (χ4n) is 2.93. The second kappa shape index (κ2) is 7.66. The van der Waals surface area contributed by atoms with Crippen LogP contribution >= 0.6 is 0 Å². The number of nitrogens with zero attached hydrogens (tertiary/aromatic N) is 1. The highest BCUT2D eigenvalue weighted by Crippen LogP contribution is 2.30. The first-order valence-electron chi connectivity index (χ1n) is 7.81. The van der Waals surface area contributed by atoms with Gasteiger partial charge in [0.1, 0.15) is 11.5 Å². The van der Waals surface area contributed by atoms with Crippen molar-refractivity contribution in [3.8, 4) is 11.5 Å². The van der Waals surface area contributed by atoms with Crippen LogP contribution in [-0.2, 0) is 0 Å². The molecule has 118 valence electrons. The molecule has 2 unspecified atom stereocenters. The second-order valence-corrected chi connectivity index (χ2v) is 5.85. The van der Waals surface area contributed by atoms with E-state index in [1.807, 2.05) is 18.2 Å². The Morgan fingerprint density at radius 1 is 1.38 bits per heavy atom. The van der Waals surface area contributed by atoms with Crippen molar-refractivity contribution in [3.63, 3.8) is 0 Å². The number of benzene rings is 1. The quantitative estimate of drug-likeness (QED) is 0.875. The summed E-state index contributed by atoms with van der Waals surface area (Å²) in [4.78, 5) is 2.42. The van der Waals surface area contributed by atoms with Gasteiger partial charge < -0.3 is 19.5 Å². The SMILES string of the molecule is COc1ccc(C(C)O)c(OCCC2CCCCN2C)c1. The van der Waals surface area contributed by atoms with Gasteiger partial charge in [0.2, 0.25) is 0 Å². The first-order valence-corrected chi connectivity index (χ1v) is 7.81. The summed E-state index contributed by atoms with van der Waals surface area (Å²) in [6.07, 6.45) is 4.35. The Kier molecular flexibility index (Phi) is 5.88. The molecule has 0 bridgehead atoms. The average molecular weight is 293 g/mol. The van der Waals surface area contributed by atoms with E-state index in [1.54, 1.807) is 14.0 Å². The van der Waals surface area contributed by atoms with Gasteiger partial charge in [-0.2, -0.15) is 0 Å². The minimum atomic E-state index is -0.539. The van der Waals surface area contributed by atoms with Crippen LogP contribution in [0.25, 0.3) is 0 Å². The molecule has 0 amide bonds.